The molecule has 3 aromatic rings. The van der Waals surface area contributed by atoms with Gasteiger partial charge in [-0.3, -0.25) is 4.79 Å². The Morgan fingerprint density at radius 3 is 2.41 bits per heavy atom. The number of carbonyl (C=O) groups is 2. The molecule has 210 valence electrons. The topological polar surface area (TPSA) is 88.5 Å². The highest BCUT2D eigenvalue weighted by atomic mass is 16.5. The number of amides is 3. The third kappa shape index (κ3) is 8.09. The van der Waals surface area contributed by atoms with Gasteiger partial charge in [0, 0.05) is 18.0 Å². The van der Waals surface area contributed by atoms with Crippen molar-refractivity contribution >= 4 is 23.4 Å². The second-order valence-electron chi connectivity index (χ2n) is 10.9. The van der Waals surface area contributed by atoms with Crippen molar-refractivity contribution in [1.82, 2.24) is 14.7 Å². The van der Waals surface area contributed by atoms with Crippen LogP contribution in [0, 0.1) is 13.8 Å². The molecular weight excluding hydrogens is 490 g/mol. The van der Waals surface area contributed by atoms with E-state index in [2.05, 4.69) is 44.4 Å². The number of urea groups is 1. The lowest BCUT2D eigenvalue weighted by Crippen LogP contribution is -2.41. The summed E-state index contributed by atoms with van der Waals surface area (Å²) in [4.78, 5) is 28.2. The second kappa shape index (κ2) is 13.3. The summed E-state index contributed by atoms with van der Waals surface area (Å²) < 4.78 is 7.44. The van der Waals surface area contributed by atoms with Crippen LogP contribution in [0.2, 0.25) is 0 Å². The Hall–Kier alpha value is -3.81. The van der Waals surface area contributed by atoms with Crippen molar-refractivity contribution in [1.29, 1.82) is 0 Å². The summed E-state index contributed by atoms with van der Waals surface area (Å²) in [5, 5.41) is 10.8. The van der Waals surface area contributed by atoms with Crippen molar-refractivity contribution in [2.75, 3.05) is 30.3 Å². The van der Waals surface area contributed by atoms with Crippen LogP contribution in [0.5, 0.6) is 5.75 Å². The van der Waals surface area contributed by atoms with Gasteiger partial charge in [0.25, 0.3) is 0 Å². The summed E-state index contributed by atoms with van der Waals surface area (Å²) in [7, 11) is 0. The number of nitrogens with zero attached hydrogens (tertiary/aromatic N) is 3. The number of carbonyl (C=O) groups excluding carboxylic acids is 2. The van der Waals surface area contributed by atoms with E-state index in [0.717, 1.165) is 41.8 Å². The molecule has 2 aromatic carbocycles. The number of unbranched alkanes of at least 4 members (excludes halogenated alkanes) is 2. The van der Waals surface area contributed by atoms with Crippen molar-refractivity contribution < 1.29 is 14.3 Å². The van der Waals surface area contributed by atoms with E-state index in [4.69, 9.17) is 9.84 Å². The van der Waals surface area contributed by atoms with Crippen LogP contribution < -0.4 is 15.4 Å². The van der Waals surface area contributed by atoms with Gasteiger partial charge >= 0.3 is 6.03 Å². The predicted octanol–water partition coefficient (Wildman–Crippen LogP) is 6.85. The van der Waals surface area contributed by atoms with E-state index in [1.165, 1.54) is 0 Å². The second-order valence-corrected chi connectivity index (χ2v) is 10.9. The first-order valence-corrected chi connectivity index (χ1v) is 13.8. The van der Waals surface area contributed by atoms with Crippen LogP contribution in [0.25, 0.3) is 5.69 Å². The molecule has 0 atom stereocenters. The lowest BCUT2D eigenvalue weighted by molar-refractivity contribution is -0.116. The third-order valence-electron chi connectivity index (χ3n) is 6.41. The van der Waals surface area contributed by atoms with Crippen LogP contribution in [0.15, 0.2) is 48.5 Å². The van der Waals surface area contributed by atoms with E-state index in [9.17, 15) is 9.59 Å². The normalized spacial score (nSPS) is 11.3. The highest BCUT2D eigenvalue weighted by Gasteiger charge is 2.24. The van der Waals surface area contributed by atoms with Crippen molar-refractivity contribution in [3.63, 3.8) is 0 Å². The zero-order valence-electron chi connectivity index (χ0n) is 24.4. The quantitative estimate of drug-likeness (QED) is 0.264. The highest BCUT2D eigenvalue weighted by molar-refractivity contribution is 5.97. The number of benzene rings is 2. The summed E-state index contributed by atoms with van der Waals surface area (Å²) in [5.74, 6) is 0.886. The van der Waals surface area contributed by atoms with E-state index in [-0.39, 0.29) is 23.9 Å². The molecular formula is C31H43N5O3. The maximum absolute atomic E-state index is 13.4. The fourth-order valence-corrected chi connectivity index (χ4v) is 4.27. The molecule has 0 aliphatic rings. The van der Waals surface area contributed by atoms with Gasteiger partial charge in [-0.05, 0) is 51.0 Å². The molecule has 0 unspecified atom stereocenters. The molecule has 0 saturated heterocycles. The summed E-state index contributed by atoms with van der Waals surface area (Å²) >= 11 is 0. The standard InChI is InChI=1S/C31H43N5O3/c1-8-10-13-18-35(30(38)32-24-14-11-12-15-26(24)39-9-2)21-29(37)33-28-20-27(31(5,6)7)34-36(28)25-17-16-22(3)19-23(25)4/h11-12,14-17,19-20H,8-10,13,18,21H2,1-7H3,(H,32,38)(H,33,37). The van der Waals surface area contributed by atoms with Gasteiger partial charge in [-0.15, -0.1) is 0 Å². The van der Waals surface area contributed by atoms with Gasteiger partial charge in [0.2, 0.25) is 5.91 Å². The first kappa shape index (κ1) is 29.7. The molecule has 1 heterocycles. The first-order valence-electron chi connectivity index (χ1n) is 13.8. The highest BCUT2D eigenvalue weighted by Crippen LogP contribution is 2.28. The first-order chi connectivity index (χ1) is 18.5. The van der Waals surface area contributed by atoms with E-state index in [1.54, 1.807) is 15.6 Å². The Balaban J connectivity index is 1.84. The van der Waals surface area contributed by atoms with E-state index >= 15 is 0 Å². The van der Waals surface area contributed by atoms with Gasteiger partial charge in [0.05, 0.1) is 23.7 Å². The van der Waals surface area contributed by atoms with Gasteiger partial charge in [-0.2, -0.15) is 5.10 Å². The molecule has 0 aliphatic heterocycles. The number of aromatic nitrogens is 2. The number of rotatable bonds is 11. The molecule has 0 bridgehead atoms. The predicted molar refractivity (Wildman–Crippen MR) is 158 cm³/mol. The van der Waals surface area contributed by atoms with E-state index < -0.39 is 0 Å². The smallest absolute Gasteiger partial charge is 0.322 e. The third-order valence-corrected chi connectivity index (χ3v) is 6.41. The Bertz CT molecular complexity index is 1280. The Morgan fingerprint density at radius 1 is 1.00 bits per heavy atom. The van der Waals surface area contributed by atoms with Gasteiger partial charge in [-0.1, -0.05) is 70.4 Å². The molecule has 2 N–H and O–H groups in total. The fourth-order valence-electron chi connectivity index (χ4n) is 4.27. The molecule has 8 nitrogen and oxygen atoms in total. The minimum Gasteiger partial charge on any atom is -0.492 e. The molecule has 0 spiro atoms. The molecule has 39 heavy (non-hydrogen) atoms. The molecule has 0 saturated carbocycles. The Kier molecular flexibility index (Phi) is 10.2. The fraction of sp³-hybridized carbons (Fsp3) is 0.452. The lowest BCUT2D eigenvalue weighted by atomic mass is 9.92. The largest absolute Gasteiger partial charge is 0.492 e. The van der Waals surface area contributed by atoms with Crippen LogP contribution >= 0.6 is 0 Å². The number of aryl methyl sites for hydroxylation is 2. The Morgan fingerprint density at radius 2 is 1.74 bits per heavy atom. The molecule has 1 aromatic heterocycles. The molecule has 3 rings (SSSR count). The molecule has 8 heteroatoms. The van der Waals surface area contributed by atoms with Gasteiger partial charge in [0.15, 0.2) is 0 Å². The van der Waals surface area contributed by atoms with Gasteiger partial charge in [-0.25, -0.2) is 9.48 Å². The minimum absolute atomic E-state index is 0.0880. The van der Waals surface area contributed by atoms with Gasteiger partial charge in [0.1, 0.15) is 18.1 Å². The number of hydrogen-bond donors (Lipinski definition) is 2. The zero-order valence-corrected chi connectivity index (χ0v) is 24.4. The van der Waals surface area contributed by atoms with Crippen molar-refractivity contribution in [2.24, 2.45) is 0 Å². The summed E-state index contributed by atoms with van der Waals surface area (Å²) in [6, 6.07) is 15.0. The number of anilines is 2. The molecule has 0 radical (unpaired) electrons. The lowest BCUT2D eigenvalue weighted by Gasteiger charge is -2.23. The van der Waals surface area contributed by atoms with Crippen molar-refractivity contribution in [3.05, 3.63) is 65.4 Å². The van der Waals surface area contributed by atoms with Crippen LogP contribution in [-0.2, 0) is 10.2 Å². The summed E-state index contributed by atoms with van der Waals surface area (Å²) in [6.45, 7) is 15.2. The average Bonchev–Trinajstić information content (AvgIpc) is 3.28. The van der Waals surface area contributed by atoms with E-state index in [1.807, 2.05) is 57.2 Å². The summed E-state index contributed by atoms with van der Waals surface area (Å²) in [6.07, 6.45) is 2.79. The minimum atomic E-state index is -0.341. The number of ether oxygens (including phenoxy) is 1. The number of hydrogen-bond acceptors (Lipinski definition) is 4. The monoisotopic (exact) mass is 533 g/mol. The maximum Gasteiger partial charge on any atom is 0.322 e. The Labute approximate surface area is 232 Å². The van der Waals surface area contributed by atoms with Crippen LogP contribution in [0.1, 0.15) is 70.7 Å². The average molecular weight is 534 g/mol. The van der Waals surface area contributed by atoms with Crippen LogP contribution in [0.3, 0.4) is 0 Å². The zero-order chi connectivity index (χ0) is 28.6. The van der Waals surface area contributed by atoms with Gasteiger partial charge < -0.3 is 20.3 Å². The van der Waals surface area contributed by atoms with Crippen molar-refractivity contribution in [3.8, 4) is 11.4 Å². The van der Waals surface area contributed by atoms with Crippen LogP contribution in [-0.4, -0.2) is 46.3 Å². The molecule has 0 aliphatic carbocycles. The SMILES string of the molecule is CCCCCN(CC(=O)Nc1cc(C(C)(C)C)nn1-c1ccc(C)cc1C)C(=O)Nc1ccccc1OCC. The number of para-hydroxylation sites is 2. The van der Waals surface area contributed by atoms with E-state index in [0.29, 0.717) is 30.4 Å². The molecule has 0 fully saturated rings. The number of nitrogens with one attached hydrogen (secondary N) is 2. The van der Waals surface area contributed by atoms with Crippen LogP contribution in [0.4, 0.5) is 16.3 Å². The van der Waals surface area contributed by atoms with Crippen molar-refractivity contribution in [2.45, 2.75) is 73.1 Å². The maximum atomic E-state index is 13.4. The summed E-state index contributed by atoms with van der Waals surface area (Å²) in [5.41, 5.74) is 4.35. The molecule has 3 amide bonds.